The van der Waals surface area contributed by atoms with Gasteiger partial charge in [0.1, 0.15) is 12.6 Å². The smallest absolute Gasteiger partial charge is 0.328 e. The van der Waals surface area contributed by atoms with Gasteiger partial charge in [-0.1, -0.05) is 25.5 Å². The Hall–Kier alpha value is -1.32. The fourth-order valence-corrected chi connectivity index (χ4v) is 2.87. The van der Waals surface area contributed by atoms with Crippen LogP contribution in [-0.4, -0.2) is 24.5 Å². The molecule has 4 nitrogen and oxygen atoms in total. The van der Waals surface area contributed by atoms with E-state index in [4.69, 9.17) is 4.74 Å². The van der Waals surface area contributed by atoms with Gasteiger partial charge >= 0.3 is 5.97 Å². The third-order valence-electron chi connectivity index (χ3n) is 3.73. The lowest BCUT2D eigenvalue weighted by Crippen LogP contribution is -2.53. The second-order valence-electron chi connectivity index (χ2n) is 4.87. The predicted molar refractivity (Wildman–Crippen MR) is 63.2 cm³/mol. The van der Waals surface area contributed by atoms with Crippen LogP contribution < -0.4 is 5.32 Å². The molecule has 1 N–H and O–H groups in total. The minimum atomic E-state index is -0.457. The summed E-state index contributed by atoms with van der Waals surface area (Å²) in [6, 6.07) is -0.457. The molecule has 1 aliphatic carbocycles. The van der Waals surface area contributed by atoms with Crippen LogP contribution in [0.25, 0.3) is 0 Å². The maximum Gasteiger partial charge on any atom is 0.328 e. The van der Waals surface area contributed by atoms with Crippen LogP contribution in [-0.2, 0) is 14.3 Å². The van der Waals surface area contributed by atoms with Gasteiger partial charge < -0.3 is 10.1 Å². The Bertz CT molecular complexity index is 327. The van der Waals surface area contributed by atoms with Crippen LogP contribution in [0, 0.1) is 11.8 Å². The third kappa shape index (κ3) is 2.68. The van der Waals surface area contributed by atoms with Crippen LogP contribution in [0.4, 0.5) is 0 Å². The highest BCUT2D eigenvalue weighted by molar-refractivity contribution is 5.87. The van der Waals surface area contributed by atoms with Crippen molar-refractivity contribution in [2.45, 2.75) is 38.1 Å². The van der Waals surface area contributed by atoms with Crippen molar-refractivity contribution < 1.29 is 14.3 Å². The van der Waals surface area contributed by atoms with Gasteiger partial charge in [-0.05, 0) is 25.2 Å². The van der Waals surface area contributed by atoms with Gasteiger partial charge in [0.2, 0.25) is 5.91 Å². The summed E-state index contributed by atoms with van der Waals surface area (Å²) in [5, 5.41) is 2.78. The van der Waals surface area contributed by atoms with E-state index in [0.29, 0.717) is 5.92 Å². The molecule has 0 aromatic carbocycles. The Morgan fingerprint density at radius 1 is 1.47 bits per heavy atom. The Kier molecular flexibility index (Phi) is 3.82. The molecule has 2 aliphatic rings. The molecule has 1 saturated carbocycles. The summed E-state index contributed by atoms with van der Waals surface area (Å²) in [6.07, 6.45) is 6.58. The van der Waals surface area contributed by atoms with Crippen molar-refractivity contribution in [3.8, 4) is 0 Å². The summed E-state index contributed by atoms with van der Waals surface area (Å²) in [5.74, 6) is 0.176. The zero-order chi connectivity index (χ0) is 12.3. The van der Waals surface area contributed by atoms with Crippen molar-refractivity contribution in [1.82, 2.24) is 5.32 Å². The molecule has 2 fully saturated rings. The molecule has 1 saturated heterocycles. The SMILES string of the molecule is C=CCOC(=O)C1CC2CCCCC2C(=O)N1. The summed E-state index contributed by atoms with van der Waals surface area (Å²) in [5.41, 5.74) is 0. The minimum absolute atomic E-state index is 0.0292. The maximum atomic E-state index is 11.9. The van der Waals surface area contributed by atoms with E-state index in [9.17, 15) is 9.59 Å². The highest BCUT2D eigenvalue weighted by Crippen LogP contribution is 2.36. The lowest BCUT2D eigenvalue weighted by atomic mass is 9.73. The van der Waals surface area contributed by atoms with Crippen molar-refractivity contribution in [2.75, 3.05) is 6.61 Å². The van der Waals surface area contributed by atoms with Crippen molar-refractivity contribution in [3.05, 3.63) is 12.7 Å². The van der Waals surface area contributed by atoms with Crippen LogP contribution >= 0.6 is 0 Å². The first-order valence-corrected chi connectivity index (χ1v) is 6.30. The second kappa shape index (κ2) is 5.34. The number of amides is 1. The Morgan fingerprint density at radius 2 is 2.24 bits per heavy atom. The lowest BCUT2D eigenvalue weighted by molar-refractivity contribution is -0.151. The van der Waals surface area contributed by atoms with Gasteiger partial charge in [0.05, 0.1) is 0 Å². The van der Waals surface area contributed by atoms with Gasteiger partial charge in [-0.3, -0.25) is 4.79 Å². The van der Waals surface area contributed by atoms with Gasteiger partial charge in [0, 0.05) is 5.92 Å². The second-order valence-corrected chi connectivity index (χ2v) is 4.87. The Labute approximate surface area is 101 Å². The highest BCUT2D eigenvalue weighted by Gasteiger charge is 2.40. The van der Waals surface area contributed by atoms with Gasteiger partial charge in [-0.25, -0.2) is 4.79 Å². The molecule has 0 bridgehead atoms. The van der Waals surface area contributed by atoms with Gasteiger partial charge in [0.15, 0.2) is 0 Å². The number of carbonyl (C=O) groups is 2. The number of hydrogen-bond donors (Lipinski definition) is 1. The van der Waals surface area contributed by atoms with Gasteiger partial charge in [-0.2, -0.15) is 0 Å². The molecule has 4 heteroatoms. The zero-order valence-electron chi connectivity index (χ0n) is 9.98. The minimum Gasteiger partial charge on any atom is -0.460 e. The van der Waals surface area contributed by atoms with E-state index in [-0.39, 0.29) is 24.4 Å². The highest BCUT2D eigenvalue weighted by atomic mass is 16.5. The topological polar surface area (TPSA) is 55.4 Å². The molecule has 3 atom stereocenters. The van der Waals surface area contributed by atoms with Crippen LogP contribution in [0.1, 0.15) is 32.1 Å². The van der Waals surface area contributed by atoms with E-state index >= 15 is 0 Å². The van der Waals surface area contributed by atoms with Gasteiger partial charge in [-0.15, -0.1) is 0 Å². The van der Waals surface area contributed by atoms with Crippen LogP contribution in [0.3, 0.4) is 0 Å². The Morgan fingerprint density at radius 3 is 3.00 bits per heavy atom. The fraction of sp³-hybridized carbons (Fsp3) is 0.692. The number of piperidine rings is 1. The summed E-state index contributed by atoms with van der Waals surface area (Å²) in [6.45, 7) is 3.70. The predicted octanol–water partition coefficient (Wildman–Crippen LogP) is 1.41. The van der Waals surface area contributed by atoms with Crippen molar-refractivity contribution in [2.24, 2.45) is 11.8 Å². The molecular weight excluding hydrogens is 218 g/mol. The van der Waals surface area contributed by atoms with Crippen molar-refractivity contribution >= 4 is 11.9 Å². The number of carbonyl (C=O) groups excluding carboxylic acids is 2. The summed E-state index contributed by atoms with van der Waals surface area (Å²) in [7, 11) is 0. The average molecular weight is 237 g/mol. The van der Waals surface area contributed by atoms with E-state index < -0.39 is 6.04 Å². The molecule has 17 heavy (non-hydrogen) atoms. The molecule has 0 spiro atoms. The van der Waals surface area contributed by atoms with Crippen LogP contribution in [0.2, 0.25) is 0 Å². The largest absolute Gasteiger partial charge is 0.460 e. The lowest BCUT2D eigenvalue weighted by Gasteiger charge is -2.37. The van der Waals surface area contributed by atoms with Crippen molar-refractivity contribution in [3.63, 3.8) is 0 Å². The zero-order valence-corrected chi connectivity index (χ0v) is 9.98. The van der Waals surface area contributed by atoms with Crippen LogP contribution in [0.15, 0.2) is 12.7 Å². The molecule has 3 unspecified atom stereocenters. The monoisotopic (exact) mass is 237 g/mol. The van der Waals surface area contributed by atoms with E-state index in [1.807, 2.05) is 0 Å². The fourth-order valence-electron chi connectivity index (χ4n) is 2.87. The molecular formula is C13H19NO3. The maximum absolute atomic E-state index is 11.9. The summed E-state index contributed by atoms with van der Waals surface area (Å²) >= 11 is 0. The standard InChI is InChI=1S/C13H19NO3/c1-2-7-17-13(16)11-8-9-5-3-4-6-10(9)12(15)14-11/h2,9-11H,1,3-8H2,(H,14,15). The number of ether oxygens (including phenoxy) is 1. The van der Waals surface area contributed by atoms with E-state index in [1.165, 1.54) is 12.5 Å². The molecule has 0 radical (unpaired) electrons. The number of rotatable bonds is 3. The molecule has 1 aliphatic heterocycles. The quantitative estimate of drug-likeness (QED) is 0.596. The van der Waals surface area contributed by atoms with E-state index in [0.717, 1.165) is 25.7 Å². The average Bonchev–Trinajstić information content (AvgIpc) is 2.36. The molecule has 1 heterocycles. The summed E-state index contributed by atoms with van der Waals surface area (Å²) in [4.78, 5) is 23.6. The van der Waals surface area contributed by atoms with Crippen molar-refractivity contribution in [1.29, 1.82) is 0 Å². The first-order valence-electron chi connectivity index (χ1n) is 6.30. The molecule has 0 aromatic rings. The molecule has 2 rings (SSSR count). The first-order chi connectivity index (χ1) is 8.22. The number of fused-ring (bicyclic) bond motifs is 1. The Balaban J connectivity index is 1.95. The molecule has 94 valence electrons. The number of nitrogens with one attached hydrogen (secondary N) is 1. The first kappa shape index (κ1) is 12.1. The summed E-state index contributed by atoms with van der Waals surface area (Å²) < 4.78 is 4.99. The van der Waals surface area contributed by atoms with Crippen LogP contribution in [0.5, 0.6) is 0 Å². The van der Waals surface area contributed by atoms with E-state index in [1.54, 1.807) is 0 Å². The molecule has 1 amide bonds. The number of esters is 1. The molecule has 0 aromatic heterocycles. The number of hydrogen-bond acceptors (Lipinski definition) is 3. The van der Waals surface area contributed by atoms with E-state index in [2.05, 4.69) is 11.9 Å². The third-order valence-corrected chi connectivity index (χ3v) is 3.73. The normalized spacial score (nSPS) is 32.2. The van der Waals surface area contributed by atoms with Gasteiger partial charge in [0.25, 0.3) is 0 Å².